The molecule has 2 heterocycles. The summed E-state index contributed by atoms with van der Waals surface area (Å²) in [5.41, 5.74) is 6.78. The highest BCUT2D eigenvalue weighted by molar-refractivity contribution is 7.09. The summed E-state index contributed by atoms with van der Waals surface area (Å²) in [7, 11) is 0. The van der Waals surface area contributed by atoms with Crippen LogP contribution in [0.3, 0.4) is 0 Å². The Kier molecular flexibility index (Phi) is 2.50. The lowest BCUT2D eigenvalue weighted by Gasteiger charge is -2.25. The van der Waals surface area contributed by atoms with Crippen LogP contribution < -0.4 is 5.73 Å². The third-order valence-electron chi connectivity index (χ3n) is 3.66. The number of nitrogens with two attached hydrogens (primary N) is 1. The molecule has 2 fully saturated rings. The van der Waals surface area contributed by atoms with Gasteiger partial charge in [-0.2, -0.15) is 0 Å². The first kappa shape index (κ1) is 9.75. The van der Waals surface area contributed by atoms with E-state index in [-0.39, 0.29) is 0 Å². The molecule has 2 aliphatic rings. The van der Waals surface area contributed by atoms with Crippen LogP contribution in [-0.4, -0.2) is 22.5 Å². The van der Waals surface area contributed by atoms with Crippen LogP contribution in [0, 0.1) is 5.92 Å². The van der Waals surface area contributed by atoms with Crippen molar-refractivity contribution in [3.8, 4) is 0 Å². The van der Waals surface area contributed by atoms with E-state index in [1.54, 1.807) is 11.3 Å². The molecular formula is C11H17N3S. The van der Waals surface area contributed by atoms with Crippen molar-refractivity contribution in [3.63, 3.8) is 0 Å². The summed E-state index contributed by atoms with van der Waals surface area (Å²) >= 11 is 1.69. The van der Waals surface area contributed by atoms with Crippen LogP contribution in [0.1, 0.15) is 30.0 Å². The lowest BCUT2D eigenvalue weighted by molar-refractivity contribution is 0.203. The zero-order chi connectivity index (χ0) is 10.3. The standard InChI is InChI=1S/C11H17N3S/c12-4-11-13-9(7-15-11)6-14-5-8-1-2-10(14)3-8/h7-8,10H,1-6,12H2. The Hall–Kier alpha value is -0.450. The van der Waals surface area contributed by atoms with E-state index in [1.807, 2.05) is 0 Å². The molecule has 3 rings (SSSR count). The molecule has 3 nitrogen and oxygen atoms in total. The van der Waals surface area contributed by atoms with Gasteiger partial charge in [-0.05, 0) is 25.2 Å². The summed E-state index contributed by atoms with van der Waals surface area (Å²) in [6, 6.07) is 0.845. The van der Waals surface area contributed by atoms with Crippen molar-refractivity contribution in [3.05, 3.63) is 16.1 Å². The number of piperidine rings is 1. The van der Waals surface area contributed by atoms with Gasteiger partial charge >= 0.3 is 0 Å². The number of thiazole rings is 1. The Morgan fingerprint density at radius 1 is 1.53 bits per heavy atom. The van der Waals surface area contributed by atoms with Gasteiger partial charge in [0.2, 0.25) is 0 Å². The molecule has 15 heavy (non-hydrogen) atoms. The predicted octanol–water partition coefficient (Wildman–Crippen LogP) is 1.59. The summed E-state index contributed by atoms with van der Waals surface area (Å²) < 4.78 is 0. The number of nitrogens with zero attached hydrogens (tertiary/aromatic N) is 2. The van der Waals surface area contributed by atoms with Crippen molar-refractivity contribution in [1.29, 1.82) is 0 Å². The topological polar surface area (TPSA) is 42.1 Å². The second kappa shape index (κ2) is 3.85. The maximum atomic E-state index is 5.57. The fourth-order valence-electron chi connectivity index (χ4n) is 2.94. The normalized spacial score (nSPS) is 30.2. The first-order valence-corrected chi connectivity index (χ1v) is 6.60. The van der Waals surface area contributed by atoms with E-state index < -0.39 is 0 Å². The van der Waals surface area contributed by atoms with Gasteiger partial charge in [0, 0.05) is 31.1 Å². The molecule has 2 bridgehead atoms. The highest BCUT2D eigenvalue weighted by Crippen LogP contribution is 2.38. The second-order valence-electron chi connectivity index (χ2n) is 4.70. The molecule has 82 valence electrons. The average molecular weight is 223 g/mol. The first-order chi connectivity index (χ1) is 7.35. The summed E-state index contributed by atoms with van der Waals surface area (Å²) in [4.78, 5) is 7.13. The molecule has 0 aromatic carbocycles. The minimum atomic E-state index is 0.580. The minimum absolute atomic E-state index is 0.580. The Bertz CT molecular complexity index is 349. The van der Waals surface area contributed by atoms with Gasteiger partial charge in [0.1, 0.15) is 5.01 Å². The number of likely N-dealkylation sites (tertiary alicyclic amines) is 1. The van der Waals surface area contributed by atoms with Crippen molar-refractivity contribution in [2.45, 2.75) is 38.4 Å². The van der Waals surface area contributed by atoms with Gasteiger partial charge < -0.3 is 5.73 Å². The van der Waals surface area contributed by atoms with Crippen LogP contribution >= 0.6 is 11.3 Å². The highest BCUT2D eigenvalue weighted by atomic mass is 32.1. The van der Waals surface area contributed by atoms with Crippen LogP contribution in [0.5, 0.6) is 0 Å². The Morgan fingerprint density at radius 3 is 3.07 bits per heavy atom. The number of fused-ring (bicyclic) bond motifs is 2. The number of hydrogen-bond acceptors (Lipinski definition) is 4. The van der Waals surface area contributed by atoms with Crippen LogP contribution in [0.4, 0.5) is 0 Å². The first-order valence-electron chi connectivity index (χ1n) is 5.72. The van der Waals surface area contributed by atoms with E-state index in [0.717, 1.165) is 23.5 Å². The molecule has 0 spiro atoms. The van der Waals surface area contributed by atoms with Gasteiger partial charge in [0.05, 0.1) is 5.69 Å². The molecule has 1 aliphatic carbocycles. The largest absolute Gasteiger partial charge is 0.325 e. The number of aromatic nitrogens is 1. The van der Waals surface area contributed by atoms with Gasteiger partial charge in [-0.15, -0.1) is 11.3 Å². The van der Waals surface area contributed by atoms with Crippen molar-refractivity contribution < 1.29 is 0 Å². The molecule has 0 amide bonds. The molecule has 4 heteroatoms. The Labute approximate surface area is 94.3 Å². The van der Waals surface area contributed by atoms with E-state index in [1.165, 1.54) is 31.5 Å². The molecule has 0 radical (unpaired) electrons. The molecule has 2 N–H and O–H groups in total. The number of rotatable bonds is 3. The average Bonchev–Trinajstić information content (AvgIpc) is 2.92. The zero-order valence-corrected chi connectivity index (χ0v) is 9.67. The van der Waals surface area contributed by atoms with E-state index in [9.17, 15) is 0 Å². The molecule has 2 unspecified atom stereocenters. The third kappa shape index (κ3) is 1.82. The van der Waals surface area contributed by atoms with Crippen LogP contribution in [0.2, 0.25) is 0 Å². The van der Waals surface area contributed by atoms with Crippen molar-refractivity contribution >= 4 is 11.3 Å². The number of hydrogen-bond donors (Lipinski definition) is 1. The monoisotopic (exact) mass is 223 g/mol. The molecule has 1 aliphatic heterocycles. The lowest BCUT2D eigenvalue weighted by Crippen LogP contribution is -2.31. The molecule has 1 saturated heterocycles. The lowest BCUT2D eigenvalue weighted by atomic mass is 10.1. The minimum Gasteiger partial charge on any atom is -0.325 e. The van der Waals surface area contributed by atoms with Gasteiger partial charge in [-0.1, -0.05) is 0 Å². The van der Waals surface area contributed by atoms with Crippen molar-refractivity contribution in [1.82, 2.24) is 9.88 Å². The predicted molar refractivity (Wildman–Crippen MR) is 61.5 cm³/mol. The van der Waals surface area contributed by atoms with Crippen LogP contribution in [0.15, 0.2) is 5.38 Å². The van der Waals surface area contributed by atoms with Gasteiger partial charge in [-0.3, -0.25) is 4.90 Å². The SMILES string of the molecule is NCc1nc(CN2CC3CCC2C3)cs1. The maximum Gasteiger partial charge on any atom is 0.106 e. The van der Waals surface area contributed by atoms with E-state index in [2.05, 4.69) is 15.3 Å². The fourth-order valence-corrected chi connectivity index (χ4v) is 3.61. The zero-order valence-electron chi connectivity index (χ0n) is 8.85. The third-order valence-corrected chi connectivity index (χ3v) is 4.58. The molecule has 1 aromatic rings. The quantitative estimate of drug-likeness (QED) is 0.846. The second-order valence-corrected chi connectivity index (χ2v) is 5.64. The van der Waals surface area contributed by atoms with E-state index >= 15 is 0 Å². The smallest absolute Gasteiger partial charge is 0.106 e. The summed E-state index contributed by atoms with van der Waals surface area (Å²) in [6.07, 6.45) is 4.28. The van der Waals surface area contributed by atoms with Gasteiger partial charge in [-0.25, -0.2) is 4.98 Å². The van der Waals surface area contributed by atoms with Crippen molar-refractivity contribution in [2.24, 2.45) is 11.7 Å². The summed E-state index contributed by atoms with van der Waals surface area (Å²) in [5, 5.41) is 3.23. The van der Waals surface area contributed by atoms with Crippen molar-refractivity contribution in [2.75, 3.05) is 6.54 Å². The molecule has 2 atom stereocenters. The van der Waals surface area contributed by atoms with E-state index in [4.69, 9.17) is 5.73 Å². The van der Waals surface area contributed by atoms with Crippen LogP contribution in [0.25, 0.3) is 0 Å². The molecule has 1 saturated carbocycles. The Balaban J connectivity index is 1.65. The summed E-state index contributed by atoms with van der Waals surface area (Å²) in [5.74, 6) is 0.975. The van der Waals surface area contributed by atoms with E-state index in [0.29, 0.717) is 6.54 Å². The Morgan fingerprint density at radius 2 is 2.47 bits per heavy atom. The van der Waals surface area contributed by atoms with Gasteiger partial charge in [0.25, 0.3) is 0 Å². The summed E-state index contributed by atoms with van der Waals surface area (Å²) in [6.45, 7) is 2.91. The fraction of sp³-hybridized carbons (Fsp3) is 0.727. The van der Waals surface area contributed by atoms with Gasteiger partial charge in [0.15, 0.2) is 0 Å². The molecule has 1 aromatic heterocycles. The van der Waals surface area contributed by atoms with Crippen LogP contribution in [-0.2, 0) is 13.1 Å². The molecular weight excluding hydrogens is 206 g/mol. The highest BCUT2D eigenvalue weighted by Gasteiger charge is 2.37. The maximum absolute atomic E-state index is 5.57.